The lowest BCUT2D eigenvalue weighted by atomic mass is 10.2. The molecular formula is C22H20ClFN4O4S. The number of pyridine rings is 1. The van der Waals surface area contributed by atoms with Crippen molar-refractivity contribution in [3.8, 4) is 0 Å². The zero-order valence-electron chi connectivity index (χ0n) is 17.3. The molecule has 1 saturated heterocycles. The highest BCUT2D eigenvalue weighted by Crippen LogP contribution is 2.24. The molecule has 2 heterocycles. The van der Waals surface area contributed by atoms with E-state index >= 15 is 0 Å². The lowest BCUT2D eigenvalue weighted by Crippen LogP contribution is -2.36. The first kappa shape index (κ1) is 23.0. The number of aromatic nitrogens is 1. The molecule has 0 aliphatic carbocycles. The fourth-order valence-electron chi connectivity index (χ4n) is 3.22. The minimum atomic E-state index is -4.03. The Morgan fingerprint density at radius 2 is 1.73 bits per heavy atom. The minimum absolute atomic E-state index is 0.0177. The topological polar surface area (TPSA) is 101 Å². The van der Waals surface area contributed by atoms with Gasteiger partial charge in [-0.2, -0.15) is 0 Å². The molecule has 0 atom stereocenters. The maximum atomic E-state index is 13.1. The number of carbonyl (C=O) groups excluding carboxylic acids is 1. The van der Waals surface area contributed by atoms with Crippen molar-refractivity contribution in [1.29, 1.82) is 0 Å². The highest BCUT2D eigenvalue weighted by molar-refractivity contribution is 7.92. The number of ether oxygens (including phenoxy) is 1. The number of morpholine rings is 1. The summed E-state index contributed by atoms with van der Waals surface area (Å²) in [5, 5.41) is 2.77. The maximum Gasteiger partial charge on any atom is 0.261 e. The van der Waals surface area contributed by atoms with E-state index in [4.69, 9.17) is 16.3 Å². The van der Waals surface area contributed by atoms with Crippen molar-refractivity contribution in [3.63, 3.8) is 0 Å². The average Bonchev–Trinajstić information content (AvgIpc) is 2.81. The molecule has 1 amide bonds. The summed E-state index contributed by atoms with van der Waals surface area (Å²) in [7, 11) is -4.03. The van der Waals surface area contributed by atoms with Crippen molar-refractivity contribution in [1.82, 2.24) is 4.98 Å². The first-order chi connectivity index (χ1) is 15.8. The zero-order valence-corrected chi connectivity index (χ0v) is 18.9. The van der Waals surface area contributed by atoms with E-state index in [1.165, 1.54) is 36.5 Å². The van der Waals surface area contributed by atoms with E-state index < -0.39 is 21.7 Å². The molecular weight excluding hydrogens is 471 g/mol. The van der Waals surface area contributed by atoms with Crippen molar-refractivity contribution in [2.45, 2.75) is 4.90 Å². The van der Waals surface area contributed by atoms with Crippen LogP contribution in [0.25, 0.3) is 0 Å². The molecule has 3 aromatic rings. The first-order valence-electron chi connectivity index (χ1n) is 10.00. The molecule has 0 spiro atoms. The highest BCUT2D eigenvalue weighted by Gasteiger charge is 2.20. The summed E-state index contributed by atoms with van der Waals surface area (Å²) in [5.41, 5.74) is 0.602. The SMILES string of the molecule is O=C(Nc1ccc(N2CCOCC2)nc1)c1cc(S(=O)(=O)Nc2ccc(F)cc2)ccc1Cl. The lowest BCUT2D eigenvalue weighted by molar-refractivity contribution is 0.102. The fraction of sp³-hybridized carbons (Fsp3) is 0.182. The number of hydrogen-bond acceptors (Lipinski definition) is 6. The van der Waals surface area contributed by atoms with E-state index in [0.29, 0.717) is 18.9 Å². The summed E-state index contributed by atoms with van der Waals surface area (Å²) >= 11 is 6.16. The van der Waals surface area contributed by atoms with Crippen LogP contribution in [0.4, 0.5) is 21.6 Å². The third-order valence-electron chi connectivity index (χ3n) is 4.93. The van der Waals surface area contributed by atoms with Crippen molar-refractivity contribution < 1.29 is 22.3 Å². The van der Waals surface area contributed by atoms with Gasteiger partial charge in [-0.25, -0.2) is 17.8 Å². The number of rotatable bonds is 6. The van der Waals surface area contributed by atoms with Gasteiger partial charge in [-0.3, -0.25) is 9.52 Å². The highest BCUT2D eigenvalue weighted by atomic mass is 35.5. The molecule has 1 aromatic heterocycles. The Labute approximate surface area is 195 Å². The van der Waals surface area contributed by atoms with Crippen LogP contribution in [0.2, 0.25) is 5.02 Å². The Kier molecular flexibility index (Phi) is 6.77. The van der Waals surface area contributed by atoms with Crippen molar-refractivity contribution in [2.75, 3.05) is 41.2 Å². The van der Waals surface area contributed by atoms with Gasteiger partial charge in [-0.15, -0.1) is 0 Å². The smallest absolute Gasteiger partial charge is 0.261 e. The van der Waals surface area contributed by atoms with E-state index in [2.05, 4.69) is 19.9 Å². The standard InChI is InChI=1S/C22H20ClFN4O4S/c23-20-7-6-18(33(30,31)27-16-3-1-15(24)2-4-16)13-19(20)22(29)26-17-5-8-21(25-14-17)28-9-11-32-12-10-28/h1-8,13-14,27H,9-12H2,(H,26,29). The van der Waals surface area contributed by atoms with Crippen molar-refractivity contribution in [2.24, 2.45) is 0 Å². The number of carbonyl (C=O) groups is 1. The summed E-state index contributed by atoms with van der Waals surface area (Å²) in [6, 6.07) is 12.1. The van der Waals surface area contributed by atoms with Gasteiger partial charge in [0.15, 0.2) is 0 Å². The number of sulfonamides is 1. The molecule has 0 radical (unpaired) electrons. The Bertz CT molecular complexity index is 1250. The molecule has 1 aliphatic heterocycles. The maximum absolute atomic E-state index is 13.1. The van der Waals surface area contributed by atoms with Crippen LogP contribution in [0.1, 0.15) is 10.4 Å². The van der Waals surface area contributed by atoms with Crippen LogP contribution in [0.15, 0.2) is 65.7 Å². The third kappa shape index (κ3) is 5.59. The molecule has 0 saturated carbocycles. The minimum Gasteiger partial charge on any atom is -0.378 e. The van der Waals surface area contributed by atoms with E-state index in [-0.39, 0.29) is 21.2 Å². The van der Waals surface area contributed by atoms with Gasteiger partial charge in [0.05, 0.1) is 40.6 Å². The van der Waals surface area contributed by atoms with Gasteiger partial charge in [0.2, 0.25) is 0 Å². The molecule has 33 heavy (non-hydrogen) atoms. The summed E-state index contributed by atoms with van der Waals surface area (Å²) in [6.07, 6.45) is 1.52. The Morgan fingerprint density at radius 1 is 1.03 bits per heavy atom. The molecule has 4 rings (SSSR count). The summed E-state index contributed by atoms with van der Waals surface area (Å²) in [5.74, 6) is -0.301. The van der Waals surface area contributed by atoms with Crippen LogP contribution < -0.4 is 14.9 Å². The molecule has 2 aromatic carbocycles. The number of hydrogen-bond donors (Lipinski definition) is 2. The van der Waals surface area contributed by atoms with Crippen LogP contribution in [-0.2, 0) is 14.8 Å². The number of amides is 1. The number of nitrogens with one attached hydrogen (secondary N) is 2. The number of nitrogens with zero attached hydrogens (tertiary/aromatic N) is 2. The van der Waals surface area contributed by atoms with Gasteiger partial charge < -0.3 is 15.0 Å². The predicted molar refractivity (Wildman–Crippen MR) is 124 cm³/mol. The van der Waals surface area contributed by atoms with Crippen LogP contribution in [0.5, 0.6) is 0 Å². The predicted octanol–water partition coefficient (Wildman–Crippen LogP) is 3.76. The molecule has 1 aliphatic rings. The first-order valence-corrected chi connectivity index (χ1v) is 11.9. The van der Waals surface area contributed by atoms with E-state index in [0.717, 1.165) is 31.0 Å². The van der Waals surface area contributed by atoms with Crippen LogP contribution in [-0.4, -0.2) is 45.6 Å². The Morgan fingerprint density at radius 3 is 2.39 bits per heavy atom. The number of benzene rings is 2. The Hall–Kier alpha value is -3.21. The van der Waals surface area contributed by atoms with Crippen LogP contribution in [0.3, 0.4) is 0 Å². The fourth-order valence-corrected chi connectivity index (χ4v) is 4.50. The monoisotopic (exact) mass is 490 g/mol. The van der Waals surface area contributed by atoms with Gasteiger partial charge >= 0.3 is 0 Å². The van der Waals surface area contributed by atoms with Gasteiger partial charge in [0.25, 0.3) is 15.9 Å². The normalized spacial score (nSPS) is 14.1. The molecule has 8 nitrogen and oxygen atoms in total. The summed E-state index contributed by atoms with van der Waals surface area (Å²) < 4.78 is 46.2. The van der Waals surface area contributed by atoms with Crippen molar-refractivity contribution >= 4 is 44.7 Å². The molecule has 172 valence electrons. The molecule has 0 bridgehead atoms. The third-order valence-corrected chi connectivity index (χ3v) is 6.64. The van der Waals surface area contributed by atoms with Gasteiger partial charge in [0.1, 0.15) is 11.6 Å². The van der Waals surface area contributed by atoms with Gasteiger partial charge in [0, 0.05) is 18.8 Å². The van der Waals surface area contributed by atoms with Crippen LogP contribution in [0, 0.1) is 5.82 Å². The van der Waals surface area contributed by atoms with Gasteiger partial charge in [-0.05, 0) is 54.6 Å². The average molecular weight is 491 g/mol. The quantitative estimate of drug-likeness (QED) is 0.545. The second kappa shape index (κ2) is 9.74. The zero-order chi connectivity index (χ0) is 23.4. The number of anilines is 3. The van der Waals surface area contributed by atoms with E-state index in [1.807, 2.05) is 0 Å². The second-order valence-electron chi connectivity index (χ2n) is 7.21. The molecule has 2 N–H and O–H groups in total. The molecule has 1 fully saturated rings. The largest absolute Gasteiger partial charge is 0.378 e. The van der Waals surface area contributed by atoms with Gasteiger partial charge in [-0.1, -0.05) is 11.6 Å². The van der Waals surface area contributed by atoms with E-state index in [1.54, 1.807) is 12.1 Å². The van der Waals surface area contributed by atoms with Crippen LogP contribution >= 0.6 is 11.6 Å². The van der Waals surface area contributed by atoms with E-state index in [9.17, 15) is 17.6 Å². The Balaban J connectivity index is 1.49. The number of halogens is 2. The second-order valence-corrected chi connectivity index (χ2v) is 9.30. The lowest BCUT2D eigenvalue weighted by Gasteiger charge is -2.27. The van der Waals surface area contributed by atoms with Crippen molar-refractivity contribution in [3.05, 3.63) is 77.2 Å². The summed E-state index contributed by atoms with van der Waals surface area (Å²) in [4.78, 5) is 19.1. The molecule has 0 unspecified atom stereocenters. The summed E-state index contributed by atoms with van der Waals surface area (Å²) in [6.45, 7) is 2.74. The molecule has 11 heteroatoms.